The van der Waals surface area contributed by atoms with Crippen LogP contribution in [-0.2, 0) is 0 Å². The highest BCUT2D eigenvalue weighted by molar-refractivity contribution is 7.20. The fraction of sp³-hybridized carbons (Fsp3) is 0. The lowest BCUT2D eigenvalue weighted by molar-refractivity contribution is -0.854. The zero-order chi connectivity index (χ0) is 48.3. The van der Waals surface area contributed by atoms with E-state index in [1.807, 2.05) is 36.4 Å². The van der Waals surface area contributed by atoms with E-state index in [4.69, 9.17) is 9.94 Å². The van der Waals surface area contributed by atoms with E-state index in [1.54, 1.807) is 23.1 Å². The van der Waals surface area contributed by atoms with Crippen molar-refractivity contribution >= 4 is 44.9 Å². The summed E-state index contributed by atoms with van der Waals surface area (Å²) in [6, 6.07) is 18.1. The first-order valence-corrected chi connectivity index (χ1v) is 17.1. The second-order valence-corrected chi connectivity index (χ2v) is 13.1. The first-order valence-electron chi connectivity index (χ1n) is 17.1. The Morgan fingerprint density at radius 1 is 0.400 bits per heavy atom. The molecule has 0 saturated heterocycles. The fourth-order valence-corrected chi connectivity index (χ4v) is 6.89. The van der Waals surface area contributed by atoms with Crippen molar-refractivity contribution in [3.8, 4) is 5.75 Å². The zero-order valence-electron chi connectivity index (χ0n) is 30.7. The van der Waals surface area contributed by atoms with Gasteiger partial charge in [-0.15, -0.1) is 21.9 Å². The lowest BCUT2D eigenvalue weighted by Crippen LogP contribution is -2.81. The third kappa shape index (κ3) is 7.36. The number of carboxylic acids is 1. The van der Waals surface area contributed by atoms with Crippen molar-refractivity contribution in [2.75, 3.05) is 0 Å². The van der Waals surface area contributed by atoms with Gasteiger partial charge in [0, 0.05) is 22.9 Å². The Kier molecular flexibility index (Phi) is 12.6. The van der Waals surface area contributed by atoms with Gasteiger partial charge >= 0.3 is 5.97 Å². The van der Waals surface area contributed by atoms with Gasteiger partial charge in [0.25, 0.3) is 5.52 Å². The molecule has 6 aromatic carbocycles. The predicted octanol–water partition coefficient (Wildman–Crippen LogP) is 8.51. The molecular weight excluding hydrogens is 933 g/mol. The molecular formula is C40H12BF20NO3. The van der Waals surface area contributed by atoms with Crippen molar-refractivity contribution in [3.63, 3.8) is 0 Å². The van der Waals surface area contributed by atoms with Crippen molar-refractivity contribution < 1.29 is 107 Å². The summed E-state index contributed by atoms with van der Waals surface area (Å²) in [6.45, 7) is 0. The van der Waals surface area contributed by atoms with Crippen molar-refractivity contribution in [1.29, 1.82) is 0 Å². The normalized spacial score (nSPS) is 11.5. The monoisotopic (exact) mass is 945 g/mol. The number of aromatic carboxylic acids is 1. The summed E-state index contributed by atoms with van der Waals surface area (Å²) in [5, 5.41) is 10.0. The first kappa shape index (κ1) is 47.2. The van der Waals surface area contributed by atoms with E-state index in [0.717, 1.165) is 10.9 Å². The summed E-state index contributed by atoms with van der Waals surface area (Å²) in [7, 11) is 0. The average molecular weight is 945 g/mol. The SMILES string of the molecule is Fc1c(F)c(F)c([B-](c2c(F)c(F)c(F)c(F)c2F)(c2c(F)c(F)c(F)c(F)c2F)c2c(F)c(F)c(F)c(F)c2F)c(F)c1F.O=C(O)c1cccc(O[n+]2cccc3ccccc32)c1. The summed E-state index contributed by atoms with van der Waals surface area (Å²) in [4.78, 5) is 16.7. The molecule has 0 radical (unpaired) electrons. The Labute approximate surface area is 346 Å². The van der Waals surface area contributed by atoms with Crippen LogP contribution in [0.15, 0.2) is 66.9 Å². The van der Waals surface area contributed by atoms with Gasteiger partial charge in [-0.25, -0.2) is 97.4 Å². The van der Waals surface area contributed by atoms with E-state index >= 15 is 35.1 Å². The number of nitrogens with zero attached hydrogens (tertiary/aromatic N) is 1. The summed E-state index contributed by atoms with van der Waals surface area (Å²) < 4.78 is 296. The van der Waals surface area contributed by atoms with Gasteiger partial charge in [0.2, 0.25) is 11.9 Å². The Balaban J connectivity index is 0.000000289. The van der Waals surface area contributed by atoms with Crippen LogP contribution in [0.3, 0.4) is 0 Å². The number of rotatable bonds is 7. The summed E-state index contributed by atoms with van der Waals surface area (Å²) in [5.41, 5.74) is -13.2. The quantitative estimate of drug-likeness (QED) is 0.0574. The van der Waals surface area contributed by atoms with E-state index in [9.17, 15) is 57.5 Å². The van der Waals surface area contributed by atoms with Gasteiger partial charge < -0.3 is 5.11 Å². The smallest absolute Gasteiger partial charge is 0.335 e. The highest BCUT2D eigenvalue weighted by atomic mass is 19.2. The Morgan fingerprint density at radius 3 is 1.05 bits per heavy atom. The topological polar surface area (TPSA) is 50.4 Å². The van der Waals surface area contributed by atoms with Gasteiger partial charge in [-0.1, -0.05) is 18.2 Å². The van der Waals surface area contributed by atoms with Crippen molar-refractivity contribution in [3.05, 3.63) is 189 Å². The molecule has 0 unspecified atom stereocenters. The molecule has 1 aromatic heterocycles. The molecule has 0 bridgehead atoms. The number of carboxylic acid groups (broad SMARTS) is 1. The fourth-order valence-electron chi connectivity index (χ4n) is 6.89. The molecule has 0 atom stereocenters. The molecule has 0 aliphatic heterocycles. The number of carbonyl (C=O) groups is 1. The van der Waals surface area contributed by atoms with Gasteiger partial charge in [-0.3, -0.25) is 0 Å². The number of halogens is 20. The standard InChI is InChI=1S/C24BF20.C16H11NO3/c26-5-1(6(27)14(35)21(42)13(5)34)25(2-7(28)15(36)22(43)16(37)8(2)29,3-9(30)17(38)23(44)18(39)10(3)31)4-11(32)19(40)24(45)20(41)12(4)33;18-16(19)13-6-3-8-14(11-13)20-17-10-4-7-12-5-1-2-9-15(12)17/h;1-11H/q-1;/p+1. The molecule has 7 aromatic rings. The van der Waals surface area contributed by atoms with Crippen molar-refractivity contribution in [2.45, 2.75) is 0 Å². The Morgan fingerprint density at radius 2 is 0.708 bits per heavy atom. The number of aromatic nitrogens is 1. The molecule has 7 rings (SSSR count). The van der Waals surface area contributed by atoms with Gasteiger partial charge in [0.1, 0.15) is 52.7 Å². The average Bonchev–Trinajstić information content (AvgIpc) is 3.29. The van der Waals surface area contributed by atoms with E-state index in [1.165, 1.54) is 12.1 Å². The van der Waals surface area contributed by atoms with Crippen molar-refractivity contribution in [1.82, 2.24) is 0 Å². The van der Waals surface area contributed by atoms with Crippen LogP contribution >= 0.6 is 0 Å². The van der Waals surface area contributed by atoms with Crippen LogP contribution in [0.1, 0.15) is 10.4 Å². The summed E-state index contributed by atoms with van der Waals surface area (Å²) in [5.74, 6) is -71.9. The number of benzene rings is 6. The van der Waals surface area contributed by atoms with E-state index in [2.05, 4.69) is 0 Å². The number of hydrogen-bond donors (Lipinski definition) is 1. The van der Waals surface area contributed by atoms with Gasteiger partial charge in [0.05, 0.1) is 10.9 Å². The third-order valence-corrected chi connectivity index (χ3v) is 9.66. The largest absolute Gasteiger partial charge is 0.478 e. The minimum atomic E-state index is -7.22. The molecule has 0 saturated carbocycles. The predicted molar refractivity (Wildman–Crippen MR) is 183 cm³/mol. The first-order chi connectivity index (χ1) is 30.4. The highest BCUT2D eigenvalue weighted by Gasteiger charge is 2.52. The van der Waals surface area contributed by atoms with Crippen molar-refractivity contribution in [2.24, 2.45) is 0 Å². The number of pyridine rings is 1. The highest BCUT2D eigenvalue weighted by Crippen LogP contribution is 2.31. The minimum absolute atomic E-state index is 0.198. The number of para-hydroxylation sites is 1. The molecule has 65 heavy (non-hydrogen) atoms. The molecule has 0 aliphatic rings. The van der Waals surface area contributed by atoms with Gasteiger partial charge in [0.15, 0.2) is 69.8 Å². The summed E-state index contributed by atoms with van der Waals surface area (Å²) in [6.07, 6.45) is -5.43. The van der Waals surface area contributed by atoms with Crippen LogP contribution in [0.2, 0.25) is 0 Å². The van der Waals surface area contributed by atoms with Crippen LogP contribution in [0.5, 0.6) is 5.75 Å². The molecule has 1 N–H and O–H groups in total. The molecule has 1 heterocycles. The maximum absolute atomic E-state index is 15.4. The number of fused-ring (bicyclic) bond motifs is 1. The van der Waals surface area contributed by atoms with Crippen LogP contribution in [0, 0.1) is 116 Å². The van der Waals surface area contributed by atoms with Crippen LogP contribution in [0.4, 0.5) is 87.8 Å². The van der Waals surface area contributed by atoms with Crippen LogP contribution in [0.25, 0.3) is 10.9 Å². The van der Waals surface area contributed by atoms with Gasteiger partial charge in [-0.2, -0.15) is 0 Å². The van der Waals surface area contributed by atoms with E-state index < -0.39 is 150 Å². The second kappa shape index (κ2) is 17.3. The lowest BCUT2D eigenvalue weighted by Gasteiger charge is -2.44. The maximum atomic E-state index is 15.4. The third-order valence-electron chi connectivity index (χ3n) is 9.66. The Bertz CT molecular complexity index is 2740. The molecule has 25 heteroatoms. The number of hydrogen-bond acceptors (Lipinski definition) is 2. The van der Waals surface area contributed by atoms with Crippen LogP contribution < -0.4 is 31.4 Å². The molecule has 0 aliphatic carbocycles. The molecule has 0 fully saturated rings. The summed E-state index contributed by atoms with van der Waals surface area (Å²) >= 11 is 0. The zero-order valence-corrected chi connectivity index (χ0v) is 30.7. The maximum Gasteiger partial charge on any atom is 0.335 e. The minimum Gasteiger partial charge on any atom is -0.478 e. The second-order valence-electron chi connectivity index (χ2n) is 13.1. The molecule has 4 nitrogen and oxygen atoms in total. The molecule has 0 spiro atoms. The van der Waals surface area contributed by atoms with Gasteiger partial charge in [-0.05, 0) is 24.3 Å². The molecule has 0 amide bonds. The van der Waals surface area contributed by atoms with E-state index in [0.29, 0.717) is 5.75 Å². The van der Waals surface area contributed by atoms with E-state index in [-0.39, 0.29) is 5.56 Å². The van der Waals surface area contributed by atoms with Crippen LogP contribution in [-0.4, -0.2) is 17.2 Å². The lowest BCUT2D eigenvalue weighted by atomic mass is 9.12. The Hall–Kier alpha value is -7.34. The molecule has 338 valence electrons.